The van der Waals surface area contributed by atoms with Gasteiger partial charge in [0.2, 0.25) is 0 Å². The van der Waals surface area contributed by atoms with Crippen molar-refractivity contribution in [1.82, 2.24) is 4.68 Å². The van der Waals surface area contributed by atoms with E-state index in [-0.39, 0.29) is 12.1 Å². The maximum Gasteiger partial charge on any atom is 0.275 e. The molecular formula is C13H10N2O2. The molecule has 17 heavy (non-hydrogen) atoms. The van der Waals surface area contributed by atoms with Gasteiger partial charge in [-0.15, -0.1) is 0 Å². The van der Waals surface area contributed by atoms with E-state index in [1.807, 2.05) is 47.3 Å². The van der Waals surface area contributed by atoms with Crippen molar-refractivity contribution in [2.45, 2.75) is 12.8 Å². The number of nitrogens with zero attached hydrogens (tertiary/aromatic N) is 2. The van der Waals surface area contributed by atoms with Crippen LogP contribution in [0.25, 0.3) is 0 Å². The largest absolute Gasteiger partial charge is 0.346 e. The van der Waals surface area contributed by atoms with Crippen molar-refractivity contribution < 1.29 is 9.53 Å². The monoisotopic (exact) mass is 226 g/mol. The van der Waals surface area contributed by atoms with Gasteiger partial charge in [0, 0.05) is 17.3 Å². The highest BCUT2D eigenvalue weighted by Gasteiger charge is 2.41. The normalized spacial score (nSPS) is 21.1. The molecule has 84 valence electrons. The quantitative estimate of drug-likeness (QED) is 0.686. The zero-order chi connectivity index (χ0) is 11.4. The molecule has 1 unspecified atom stereocenters. The van der Waals surface area contributed by atoms with E-state index in [1.165, 1.54) is 0 Å². The fourth-order valence-corrected chi connectivity index (χ4v) is 2.54. The van der Waals surface area contributed by atoms with E-state index in [0.29, 0.717) is 6.61 Å². The summed E-state index contributed by atoms with van der Waals surface area (Å²) in [6.45, 7) is 0.537. The molecule has 0 saturated carbocycles. The molecule has 4 heteroatoms. The Kier molecular flexibility index (Phi) is 1.58. The third-order valence-corrected chi connectivity index (χ3v) is 3.32. The molecule has 0 spiro atoms. The van der Waals surface area contributed by atoms with Gasteiger partial charge in [-0.25, -0.2) is 5.01 Å². The van der Waals surface area contributed by atoms with E-state index in [9.17, 15) is 4.79 Å². The summed E-state index contributed by atoms with van der Waals surface area (Å²) in [5.41, 5.74) is 2.69. The summed E-state index contributed by atoms with van der Waals surface area (Å²) < 4.78 is 7.65. The Balaban J connectivity index is 1.94. The van der Waals surface area contributed by atoms with Crippen molar-refractivity contribution in [3.05, 3.63) is 59.4 Å². The number of carbonyl (C=O) groups excluding carboxylic acids is 1. The van der Waals surface area contributed by atoms with Gasteiger partial charge in [-0.1, -0.05) is 18.2 Å². The summed E-state index contributed by atoms with van der Waals surface area (Å²) in [4.78, 5) is 12.3. The predicted molar refractivity (Wildman–Crippen MR) is 61.0 cm³/mol. The summed E-state index contributed by atoms with van der Waals surface area (Å²) in [7, 11) is 0. The molecule has 1 amide bonds. The number of rotatable bonds is 0. The summed E-state index contributed by atoms with van der Waals surface area (Å²) in [6, 6.07) is 11.5. The molecule has 4 nitrogen and oxygen atoms in total. The van der Waals surface area contributed by atoms with Crippen LogP contribution in [-0.4, -0.2) is 10.6 Å². The van der Waals surface area contributed by atoms with Gasteiger partial charge in [0.15, 0.2) is 6.23 Å². The number of fused-ring (bicyclic) bond motifs is 5. The Hall–Kier alpha value is -2.07. The predicted octanol–water partition coefficient (Wildman–Crippen LogP) is 1.81. The van der Waals surface area contributed by atoms with Crippen molar-refractivity contribution in [2.75, 3.05) is 5.01 Å². The topological polar surface area (TPSA) is 34.5 Å². The van der Waals surface area contributed by atoms with E-state index in [4.69, 9.17) is 4.74 Å². The minimum Gasteiger partial charge on any atom is -0.346 e. The summed E-state index contributed by atoms with van der Waals surface area (Å²) in [5, 5.41) is 1.67. The molecule has 2 aliphatic rings. The van der Waals surface area contributed by atoms with E-state index in [1.54, 1.807) is 5.01 Å². The van der Waals surface area contributed by atoms with Crippen molar-refractivity contribution in [2.24, 2.45) is 0 Å². The molecule has 3 heterocycles. The second-order valence-corrected chi connectivity index (χ2v) is 4.24. The molecule has 2 aliphatic heterocycles. The number of hydrogen-bond acceptors (Lipinski definition) is 2. The first-order valence-electron chi connectivity index (χ1n) is 5.57. The number of hydrogen-bond donors (Lipinski definition) is 0. The summed E-state index contributed by atoms with van der Waals surface area (Å²) >= 11 is 0. The van der Waals surface area contributed by atoms with Crippen LogP contribution >= 0.6 is 0 Å². The molecule has 0 radical (unpaired) electrons. The first-order valence-corrected chi connectivity index (χ1v) is 5.57. The van der Waals surface area contributed by atoms with Gasteiger partial charge in [-0.05, 0) is 18.2 Å². The molecular weight excluding hydrogens is 216 g/mol. The Bertz CT molecular complexity index is 617. The number of aromatic nitrogens is 1. The maximum atomic E-state index is 12.3. The van der Waals surface area contributed by atoms with Crippen LogP contribution in [0.4, 0.5) is 0 Å². The summed E-state index contributed by atoms with van der Waals surface area (Å²) in [5.74, 6) is 0.00255. The third kappa shape index (κ3) is 1.03. The lowest BCUT2D eigenvalue weighted by Crippen LogP contribution is -2.42. The summed E-state index contributed by atoms with van der Waals surface area (Å²) in [6.07, 6.45) is 1.62. The Morgan fingerprint density at radius 3 is 3.00 bits per heavy atom. The lowest BCUT2D eigenvalue weighted by atomic mass is 10.1. The second-order valence-electron chi connectivity index (χ2n) is 4.24. The van der Waals surface area contributed by atoms with Gasteiger partial charge in [0.05, 0.1) is 12.3 Å². The minimum absolute atomic E-state index is 0.00255. The molecule has 4 rings (SSSR count). The fraction of sp³-hybridized carbons (Fsp3) is 0.154. The molecule has 0 saturated heterocycles. The molecule has 0 bridgehead atoms. The molecule has 0 N–H and O–H groups in total. The smallest absolute Gasteiger partial charge is 0.275 e. The molecule has 1 aromatic carbocycles. The average molecular weight is 226 g/mol. The van der Waals surface area contributed by atoms with Crippen LogP contribution in [0.3, 0.4) is 0 Å². The van der Waals surface area contributed by atoms with E-state index in [2.05, 4.69) is 0 Å². The van der Waals surface area contributed by atoms with Crippen LogP contribution in [0.2, 0.25) is 0 Å². The molecule has 0 aliphatic carbocycles. The van der Waals surface area contributed by atoms with Gasteiger partial charge >= 0.3 is 0 Å². The van der Waals surface area contributed by atoms with Crippen LogP contribution in [0.5, 0.6) is 0 Å². The van der Waals surface area contributed by atoms with Crippen LogP contribution in [0, 0.1) is 0 Å². The molecule has 0 fully saturated rings. The molecule has 2 aromatic rings. The van der Waals surface area contributed by atoms with Gasteiger partial charge in [0.25, 0.3) is 5.91 Å². The average Bonchev–Trinajstić information content (AvgIpc) is 2.93. The van der Waals surface area contributed by atoms with Crippen LogP contribution in [0.15, 0.2) is 42.6 Å². The standard InChI is InChI=1S/C13H10N2O2/c16-12-10-5-1-2-6-11(10)13-15(12)14-7-3-4-9(14)8-17-13/h1-7,13H,8H2. The number of carbonyl (C=O) groups is 1. The van der Waals surface area contributed by atoms with Crippen molar-refractivity contribution in [1.29, 1.82) is 0 Å². The second kappa shape index (κ2) is 2.99. The lowest BCUT2D eigenvalue weighted by molar-refractivity contribution is 0.00461. The molecule has 1 atom stereocenters. The zero-order valence-electron chi connectivity index (χ0n) is 9.04. The highest BCUT2D eigenvalue weighted by Crippen LogP contribution is 2.36. The Morgan fingerprint density at radius 1 is 1.18 bits per heavy atom. The number of amides is 1. The fourth-order valence-electron chi connectivity index (χ4n) is 2.54. The van der Waals surface area contributed by atoms with Crippen LogP contribution in [-0.2, 0) is 11.3 Å². The van der Waals surface area contributed by atoms with Crippen molar-refractivity contribution in [3.63, 3.8) is 0 Å². The van der Waals surface area contributed by atoms with Crippen LogP contribution in [0.1, 0.15) is 27.8 Å². The van der Waals surface area contributed by atoms with Gasteiger partial charge < -0.3 is 4.74 Å². The number of ether oxygens (including phenoxy) is 1. The number of benzene rings is 1. The van der Waals surface area contributed by atoms with Gasteiger partial charge in [-0.3, -0.25) is 9.47 Å². The van der Waals surface area contributed by atoms with Crippen LogP contribution < -0.4 is 5.01 Å². The van der Waals surface area contributed by atoms with Crippen molar-refractivity contribution >= 4 is 5.91 Å². The maximum absolute atomic E-state index is 12.3. The van der Waals surface area contributed by atoms with Gasteiger partial charge in [0.1, 0.15) is 0 Å². The Labute approximate surface area is 98.0 Å². The Morgan fingerprint density at radius 2 is 2.06 bits per heavy atom. The van der Waals surface area contributed by atoms with Gasteiger partial charge in [-0.2, -0.15) is 0 Å². The first kappa shape index (κ1) is 9.01. The van der Waals surface area contributed by atoms with Crippen molar-refractivity contribution in [3.8, 4) is 0 Å². The SMILES string of the molecule is O=C1c2ccccc2C2OCc3cccn3N12. The van der Waals surface area contributed by atoms with E-state index < -0.39 is 0 Å². The first-order chi connectivity index (χ1) is 8.36. The third-order valence-electron chi connectivity index (χ3n) is 3.32. The lowest BCUT2D eigenvalue weighted by Gasteiger charge is -2.32. The minimum atomic E-state index is -0.279. The molecule has 1 aromatic heterocycles. The zero-order valence-corrected chi connectivity index (χ0v) is 9.04. The van der Waals surface area contributed by atoms with E-state index in [0.717, 1.165) is 16.8 Å². The highest BCUT2D eigenvalue weighted by atomic mass is 16.5. The highest BCUT2D eigenvalue weighted by molar-refractivity contribution is 6.06. The van der Waals surface area contributed by atoms with E-state index >= 15 is 0 Å².